The summed E-state index contributed by atoms with van der Waals surface area (Å²) in [4.78, 5) is 10.0. The number of rotatable bonds is 4. The van der Waals surface area contributed by atoms with Gasteiger partial charge in [0.15, 0.2) is 9.84 Å². The maximum absolute atomic E-state index is 13.1. The number of carbonyl (C=O) groups is 1. The number of benzene rings is 1. The fourth-order valence-electron chi connectivity index (χ4n) is 1.04. The van der Waals surface area contributed by atoms with Gasteiger partial charge in [0.1, 0.15) is 10.7 Å². The molecule has 0 bridgehead atoms. The van der Waals surface area contributed by atoms with E-state index in [1.165, 1.54) is 12.1 Å². The van der Waals surface area contributed by atoms with Crippen LogP contribution in [0.5, 0.6) is 0 Å². The molecule has 1 aromatic rings. The Balaban J connectivity index is 2.97. The second-order valence-electron chi connectivity index (χ2n) is 2.97. The largest absolute Gasteiger partial charge is 0.370 e. The van der Waals surface area contributed by atoms with Crippen molar-refractivity contribution in [2.24, 2.45) is 5.73 Å². The van der Waals surface area contributed by atoms with Crippen molar-refractivity contribution < 1.29 is 17.6 Å². The third-order valence-electron chi connectivity index (χ3n) is 1.79. The fourth-order valence-corrected chi connectivity index (χ4v) is 2.38. The molecule has 15 heavy (non-hydrogen) atoms. The van der Waals surface area contributed by atoms with Crippen LogP contribution in [0.2, 0.25) is 0 Å². The van der Waals surface area contributed by atoms with Crippen molar-refractivity contribution in [2.45, 2.75) is 11.3 Å². The zero-order valence-corrected chi connectivity index (χ0v) is 8.63. The Morgan fingerprint density at radius 1 is 1.33 bits per heavy atom. The Bertz CT molecular complexity index is 470. The smallest absolute Gasteiger partial charge is 0.218 e. The maximum atomic E-state index is 13.1. The highest BCUT2D eigenvalue weighted by Crippen LogP contribution is 2.15. The van der Waals surface area contributed by atoms with Crippen LogP contribution in [0, 0.1) is 5.82 Å². The van der Waals surface area contributed by atoms with Crippen LogP contribution in [0.3, 0.4) is 0 Å². The predicted molar refractivity (Wildman–Crippen MR) is 52.3 cm³/mol. The minimum Gasteiger partial charge on any atom is -0.370 e. The molecule has 0 aliphatic heterocycles. The van der Waals surface area contributed by atoms with Gasteiger partial charge in [-0.25, -0.2) is 12.8 Å². The van der Waals surface area contributed by atoms with E-state index in [1.807, 2.05) is 0 Å². The summed E-state index contributed by atoms with van der Waals surface area (Å²) < 4.78 is 36.1. The number of sulfone groups is 1. The standard InChI is InChI=1S/C9H10FNO3S/c10-7-3-1-2-4-8(7)15(13,14)6-5-9(11)12/h1-4H,5-6H2,(H2,11,12). The van der Waals surface area contributed by atoms with Gasteiger partial charge in [0.05, 0.1) is 5.75 Å². The van der Waals surface area contributed by atoms with E-state index in [0.29, 0.717) is 0 Å². The minimum absolute atomic E-state index is 0.309. The lowest BCUT2D eigenvalue weighted by atomic mass is 10.3. The van der Waals surface area contributed by atoms with Crippen molar-refractivity contribution in [3.8, 4) is 0 Å². The van der Waals surface area contributed by atoms with Gasteiger partial charge < -0.3 is 5.73 Å². The summed E-state index contributed by atoms with van der Waals surface area (Å²) in [5.41, 5.74) is 4.82. The number of nitrogens with two attached hydrogens (primary N) is 1. The molecule has 0 spiro atoms. The van der Waals surface area contributed by atoms with E-state index >= 15 is 0 Å². The van der Waals surface area contributed by atoms with Crippen molar-refractivity contribution in [1.29, 1.82) is 0 Å². The van der Waals surface area contributed by atoms with Crippen LogP contribution in [0.4, 0.5) is 4.39 Å². The van der Waals surface area contributed by atoms with Gasteiger partial charge in [-0.05, 0) is 12.1 Å². The van der Waals surface area contributed by atoms with Crippen molar-refractivity contribution >= 4 is 15.7 Å². The summed E-state index contributed by atoms with van der Waals surface area (Å²) in [6.45, 7) is 0. The monoisotopic (exact) mass is 231 g/mol. The van der Waals surface area contributed by atoms with Crippen LogP contribution in [0.1, 0.15) is 6.42 Å². The number of amides is 1. The first kappa shape index (κ1) is 11.6. The molecule has 2 N–H and O–H groups in total. The van der Waals surface area contributed by atoms with Crippen LogP contribution < -0.4 is 5.73 Å². The van der Waals surface area contributed by atoms with Crippen LogP contribution in [-0.2, 0) is 14.6 Å². The molecule has 0 aliphatic carbocycles. The van der Waals surface area contributed by atoms with Gasteiger partial charge in [-0.2, -0.15) is 0 Å². The maximum Gasteiger partial charge on any atom is 0.218 e. The molecule has 0 atom stereocenters. The second-order valence-corrected chi connectivity index (χ2v) is 5.04. The first-order valence-electron chi connectivity index (χ1n) is 4.19. The second kappa shape index (κ2) is 4.39. The van der Waals surface area contributed by atoms with Crippen molar-refractivity contribution in [3.05, 3.63) is 30.1 Å². The summed E-state index contributed by atoms with van der Waals surface area (Å²) >= 11 is 0. The molecule has 0 aliphatic rings. The van der Waals surface area contributed by atoms with E-state index in [1.54, 1.807) is 0 Å². The number of hydrogen-bond donors (Lipinski definition) is 1. The lowest BCUT2D eigenvalue weighted by Gasteiger charge is -2.03. The van der Waals surface area contributed by atoms with Crippen LogP contribution in [0.15, 0.2) is 29.2 Å². The fraction of sp³-hybridized carbons (Fsp3) is 0.222. The molecule has 0 radical (unpaired) electrons. The number of carbonyl (C=O) groups excluding carboxylic acids is 1. The highest BCUT2D eigenvalue weighted by Gasteiger charge is 2.18. The molecule has 1 amide bonds. The first-order valence-corrected chi connectivity index (χ1v) is 5.84. The highest BCUT2D eigenvalue weighted by molar-refractivity contribution is 7.91. The van der Waals surface area contributed by atoms with Crippen LogP contribution >= 0.6 is 0 Å². The van der Waals surface area contributed by atoms with Crippen molar-refractivity contribution in [1.82, 2.24) is 0 Å². The molecule has 0 aromatic heterocycles. The lowest BCUT2D eigenvalue weighted by Crippen LogP contribution is -2.17. The molecule has 4 nitrogen and oxygen atoms in total. The first-order chi connectivity index (χ1) is 6.93. The molecule has 0 saturated carbocycles. The van der Waals surface area contributed by atoms with E-state index in [2.05, 4.69) is 0 Å². The summed E-state index contributed by atoms with van der Waals surface area (Å²) in [7, 11) is -3.76. The highest BCUT2D eigenvalue weighted by atomic mass is 32.2. The third kappa shape index (κ3) is 3.02. The topological polar surface area (TPSA) is 77.2 Å². The van der Waals surface area contributed by atoms with Gasteiger partial charge in [0.25, 0.3) is 0 Å². The van der Waals surface area contributed by atoms with Crippen LogP contribution in [0.25, 0.3) is 0 Å². The molecular formula is C9H10FNO3S. The quantitative estimate of drug-likeness (QED) is 0.818. The number of halogens is 1. The molecule has 6 heteroatoms. The SMILES string of the molecule is NC(=O)CCS(=O)(=O)c1ccccc1F. The molecule has 82 valence electrons. The van der Waals surface area contributed by atoms with E-state index in [0.717, 1.165) is 12.1 Å². The Hall–Kier alpha value is -1.43. The minimum atomic E-state index is -3.76. The Kier molecular flexibility index (Phi) is 3.41. The van der Waals surface area contributed by atoms with Gasteiger partial charge in [-0.1, -0.05) is 12.1 Å². The average Bonchev–Trinajstić information content (AvgIpc) is 2.15. The van der Waals surface area contributed by atoms with Crippen LogP contribution in [-0.4, -0.2) is 20.1 Å². The molecule has 1 aromatic carbocycles. The lowest BCUT2D eigenvalue weighted by molar-refractivity contribution is -0.117. The normalized spacial score (nSPS) is 11.3. The summed E-state index contributed by atoms with van der Waals surface area (Å²) in [5.74, 6) is -2.01. The molecule has 0 saturated heterocycles. The van der Waals surface area contributed by atoms with Gasteiger partial charge in [0.2, 0.25) is 5.91 Å². The van der Waals surface area contributed by atoms with E-state index < -0.39 is 32.2 Å². The van der Waals surface area contributed by atoms with Gasteiger partial charge in [-0.15, -0.1) is 0 Å². The Morgan fingerprint density at radius 3 is 2.47 bits per heavy atom. The molecule has 0 heterocycles. The van der Waals surface area contributed by atoms with Gasteiger partial charge in [-0.3, -0.25) is 4.79 Å². The molecule has 0 fully saturated rings. The Labute approximate surface area is 86.8 Å². The number of primary amides is 1. The molecule has 1 rings (SSSR count). The third-order valence-corrected chi connectivity index (χ3v) is 3.53. The van der Waals surface area contributed by atoms with Crippen molar-refractivity contribution in [2.75, 3.05) is 5.75 Å². The van der Waals surface area contributed by atoms with Crippen molar-refractivity contribution in [3.63, 3.8) is 0 Å². The van der Waals surface area contributed by atoms with Gasteiger partial charge in [0, 0.05) is 6.42 Å². The Morgan fingerprint density at radius 2 is 1.93 bits per heavy atom. The van der Waals surface area contributed by atoms with E-state index in [-0.39, 0.29) is 6.42 Å². The zero-order valence-electron chi connectivity index (χ0n) is 7.81. The summed E-state index contributed by atoms with van der Waals surface area (Å²) in [6, 6.07) is 5.02. The molecular weight excluding hydrogens is 221 g/mol. The molecule has 0 unspecified atom stereocenters. The summed E-state index contributed by atoms with van der Waals surface area (Å²) in [6.07, 6.45) is -0.309. The van der Waals surface area contributed by atoms with E-state index in [4.69, 9.17) is 5.73 Å². The zero-order chi connectivity index (χ0) is 11.5. The summed E-state index contributed by atoms with van der Waals surface area (Å²) in [5, 5.41) is 0. The van der Waals surface area contributed by atoms with E-state index in [9.17, 15) is 17.6 Å². The predicted octanol–water partition coefficient (Wildman–Crippen LogP) is 0.475. The average molecular weight is 231 g/mol. The number of hydrogen-bond acceptors (Lipinski definition) is 3. The van der Waals surface area contributed by atoms with Gasteiger partial charge >= 0.3 is 0 Å².